The fourth-order valence-electron chi connectivity index (χ4n) is 4.63. The Labute approximate surface area is 221 Å². The van der Waals surface area contributed by atoms with E-state index >= 15 is 0 Å². The molecule has 3 aromatic rings. The van der Waals surface area contributed by atoms with Crippen LogP contribution in [0.1, 0.15) is 34.6 Å². The highest BCUT2D eigenvalue weighted by Crippen LogP contribution is 2.18. The van der Waals surface area contributed by atoms with E-state index in [0.29, 0.717) is 6.54 Å². The average Bonchev–Trinajstić information content (AvgIpc) is 3.28. The van der Waals surface area contributed by atoms with Gasteiger partial charge in [0, 0.05) is 51.0 Å². The molecule has 2 aromatic heterocycles. The second kappa shape index (κ2) is 13.3. The molecule has 6 heteroatoms. The molecule has 2 N–H and O–H groups in total. The third kappa shape index (κ3) is 7.59. The van der Waals surface area contributed by atoms with E-state index in [1.54, 1.807) is 0 Å². The third-order valence-corrected chi connectivity index (χ3v) is 6.85. The van der Waals surface area contributed by atoms with Gasteiger partial charge in [0.05, 0.1) is 17.1 Å². The van der Waals surface area contributed by atoms with Crippen molar-refractivity contribution in [3.8, 4) is 5.69 Å². The monoisotopic (exact) mass is 496 g/mol. The number of likely N-dealkylation sites (N-methyl/N-ethyl adjacent to an activating group) is 1. The lowest BCUT2D eigenvalue weighted by Crippen LogP contribution is -2.43. The van der Waals surface area contributed by atoms with Crippen LogP contribution in [0.25, 0.3) is 11.3 Å². The highest BCUT2D eigenvalue weighted by atomic mass is 15.3. The second-order valence-corrected chi connectivity index (χ2v) is 9.81. The Balaban J connectivity index is 1.31. The molecule has 0 unspecified atom stereocenters. The first kappa shape index (κ1) is 26.7. The Morgan fingerprint density at radius 1 is 1.03 bits per heavy atom. The van der Waals surface area contributed by atoms with Crippen molar-refractivity contribution in [1.29, 1.82) is 0 Å². The Kier molecular flexibility index (Phi) is 9.60. The number of benzene rings is 1. The zero-order valence-corrected chi connectivity index (χ0v) is 22.3. The molecule has 1 aromatic carbocycles. The van der Waals surface area contributed by atoms with E-state index in [9.17, 15) is 0 Å². The summed E-state index contributed by atoms with van der Waals surface area (Å²) < 4.78 is 1.99. The molecule has 0 radical (unpaired) electrons. The van der Waals surface area contributed by atoms with Gasteiger partial charge in [0.15, 0.2) is 0 Å². The highest BCUT2D eigenvalue weighted by molar-refractivity contribution is 5.74. The van der Waals surface area contributed by atoms with Gasteiger partial charge in [0.25, 0.3) is 0 Å². The van der Waals surface area contributed by atoms with Crippen LogP contribution in [0.15, 0.2) is 79.5 Å². The number of allylic oxidation sites excluding steroid dienone is 5. The second-order valence-electron chi connectivity index (χ2n) is 9.81. The molecule has 4 rings (SSSR count). The topological polar surface area (TPSA) is 63.2 Å². The standard InChI is InChI=1S/C31H40N6/c1-4-7-27(28-12-13-30(33-23-28)24-36-20-18-35(3)19-21-36)9-6-5-8-26-10-14-31(15-11-26)37-25(2)22-29(34-37)16-17-32/h4,6-7,9-15,22-23H,1,5,8,16-21,24,32H2,2-3H3/b9-6-,27-7+. The summed E-state index contributed by atoms with van der Waals surface area (Å²) in [4.78, 5) is 9.60. The maximum atomic E-state index is 5.68. The average molecular weight is 497 g/mol. The molecule has 1 fully saturated rings. The van der Waals surface area contributed by atoms with E-state index in [-0.39, 0.29) is 0 Å². The fourth-order valence-corrected chi connectivity index (χ4v) is 4.63. The number of nitrogens with zero attached hydrogens (tertiary/aromatic N) is 5. The molecule has 194 valence electrons. The Hall–Kier alpha value is -3.32. The Morgan fingerprint density at radius 3 is 2.49 bits per heavy atom. The number of aromatic nitrogens is 3. The van der Waals surface area contributed by atoms with Crippen molar-refractivity contribution in [3.05, 3.63) is 108 Å². The molecular weight excluding hydrogens is 456 g/mol. The lowest BCUT2D eigenvalue weighted by atomic mass is 10.0. The summed E-state index contributed by atoms with van der Waals surface area (Å²) in [5, 5.41) is 4.68. The van der Waals surface area contributed by atoms with Gasteiger partial charge in [-0.2, -0.15) is 5.10 Å². The van der Waals surface area contributed by atoms with Gasteiger partial charge in [0.1, 0.15) is 0 Å². The summed E-state index contributed by atoms with van der Waals surface area (Å²) in [5.41, 5.74) is 13.6. The van der Waals surface area contributed by atoms with E-state index in [1.165, 1.54) is 5.56 Å². The van der Waals surface area contributed by atoms with Crippen LogP contribution in [-0.4, -0.2) is 64.3 Å². The summed E-state index contributed by atoms with van der Waals surface area (Å²) in [6.45, 7) is 12.0. The molecule has 1 saturated heterocycles. The number of hydrogen-bond acceptors (Lipinski definition) is 5. The lowest BCUT2D eigenvalue weighted by molar-refractivity contribution is 0.147. The van der Waals surface area contributed by atoms with Gasteiger partial charge in [-0.25, -0.2) is 4.68 Å². The van der Waals surface area contributed by atoms with E-state index in [4.69, 9.17) is 10.7 Å². The van der Waals surface area contributed by atoms with Gasteiger partial charge in [-0.15, -0.1) is 0 Å². The molecule has 0 amide bonds. The summed E-state index contributed by atoms with van der Waals surface area (Å²) in [7, 11) is 2.18. The molecule has 37 heavy (non-hydrogen) atoms. The first-order valence-electron chi connectivity index (χ1n) is 13.3. The summed E-state index contributed by atoms with van der Waals surface area (Å²) in [6.07, 6.45) is 13.0. The number of rotatable bonds is 11. The molecule has 0 bridgehead atoms. The molecule has 1 aliphatic rings. The SMILES string of the molecule is C=C/C=C(\C=C/CCc1ccc(-n2nc(CCN)cc2C)cc1)c1ccc(CN2CCN(C)CC2)nc1. The predicted octanol–water partition coefficient (Wildman–Crippen LogP) is 4.58. The van der Waals surface area contributed by atoms with Gasteiger partial charge in [-0.05, 0) is 74.3 Å². The minimum absolute atomic E-state index is 0.616. The van der Waals surface area contributed by atoms with Crippen LogP contribution in [0.3, 0.4) is 0 Å². The summed E-state index contributed by atoms with van der Waals surface area (Å²) in [5.74, 6) is 0. The molecule has 0 atom stereocenters. The smallest absolute Gasteiger partial charge is 0.0648 e. The minimum Gasteiger partial charge on any atom is -0.330 e. The van der Waals surface area contributed by atoms with Crippen LogP contribution in [0.4, 0.5) is 0 Å². The molecule has 6 nitrogen and oxygen atoms in total. The predicted molar refractivity (Wildman–Crippen MR) is 154 cm³/mol. The summed E-state index contributed by atoms with van der Waals surface area (Å²) >= 11 is 0. The van der Waals surface area contributed by atoms with Gasteiger partial charge < -0.3 is 10.6 Å². The first-order chi connectivity index (χ1) is 18.1. The van der Waals surface area contributed by atoms with Crippen LogP contribution in [0.5, 0.6) is 0 Å². The Bertz CT molecular complexity index is 1200. The molecule has 0 saturated carbocycles. The zero-order valence-electron chi connectivity index (χ0n) is 22.3. The van der Waals surface area contributed by atoms with E-state index < -0.39 is 0 Å². The van der Waals surface area contributed by atoms with Crippen LogP contribution in [0.2, 0.25) is 0 Å². The van der Waals surface area contributed by atoms with Crippen molar-refractivity contribution in [3.63, 3.8) is 0 Å². The van der Waals surface area contributed by atoms with Crippen molar-refractivity contribution < 1.29 is 0 Å². The normalized spacial score (nSPS) is 15.5. The van der Waals surface area contributed by atoms with Gasteiger partial charge in [-0.3, -0.25) is 9.88 Å². The maximum Gasteiger partial charge on any atom is 0.0648 e. The number of hydrogen-bond donors (Lipinski definition) is 1. The van der Waals surface area contributed by atoms with Crippen molar-refractivity contribution in [2.24, 2.45) is 5.73 Å². The van der Waals surface area contributed by atoms with Crippen molar-refractivity contribution >= 4 is 5.57 Å². The Morgan fingerprint density at radius 2 is 1.81 bits per heavy atom. The first-order valence-corrected chi connectivity index (χ1v) is 13.3. The van der Waals surface area contributed by atoms with Crippen molar-refractivity contribution in [2.45, 2.75) is 32.7 Å². The van der Waals surface area contributed by atoms with Crippen molar-refractivity contribution in [1.82, 2.24) is 24.6 Å². The number of pyridine rings is 1. The number of piperazine rings is 1. The molecule has 0 aliphatic carbocycles. The summed E-state index contributed by atoms with van der Waals surface area (Å²) in [6, 6.07) is 15.1. The van der Waals surface area contributed by atoms with Crippen molar-refractivity contribution in [2.75, 3.05) is 39.8 Å². The fraction of sp³-hybridized carbons (Fsp3) is 0.355. The van der Waals surface area contributed by atoms with Crippen LogP contribution in [-0.2, 0) is 19.4 Å². The van der Waals surface area contributed by atoms with Crippen LogP contribution < -0.4 is 5.73 Å². The molecular formula is C31H40N6. The highest BCUT2D eigenvalue weighted by Gasteiger charge is 2.14. The molecule has 3 heterocycles. The van der Waals surface area contributed by atoms with Gasteiger partial charge in [0.2, 0.25) is 0 Å². The van der Waals surface area contributed by atoms with E-state index in [2.05, 4.69) is 90.1 Å². The quantitative estimate of drug-likeness (QED) is 0.394. The molecule has 0 spiro atoms. The van der Waals surface area contributed by atoms with E-state index in [0.717, 1.165) is 85.9 Å². The van der Waals surface area contributed by atoms with Crippen LogP contribution >= 0.6 is 0 Å². The van der Waals surface area contributed by atoms with Crippen LogP contribution in [0, 0.1) is 6.92 Å². The maximum absolute atomic E-state index is 5.68. The molecule has 1 aliphatic heterocycles. The van der Waals surface area contributed by atoms with Gasteiger partial charge in [-0.1, -0.05) is 49.1 Å². The largest absolute Gasteiger partial charge is 0.330 e. The van der Waals surface area contributed by atoms with Gasteiger partial charge >= 0.3 is 0 Å². The zero-order chi connectivity index (χ0) is 26.0. The third-order valence-electron chi connectivity index (χ3n) is 6.85. The lowest BCUT2D eigenvalue weighted by Gasteiger charge is -2.32. The minimum atomic E-state index is 0.616. The van der Waals surface area contributed by atoms with E-state index in [1.807, 2.05) is 23.0 Å². The number of aryl methyl sites for hydroxylation is 2. The number of nitrogens with two attached hydrogens (primary N) is 1.